The highest BCUT2D eigenvalue weighted by Crippen LogP contribution is 2.29. The number of anilines is 1. The zero-order valence-electron chi connectivity index (χ0n) is 12.5. The first-order valence-electron chi connectivity index (χ1n) is 7.24. The lowest BCUT2D eigenvalue weighted by Gasteiger charge is -2.08. The molecule has 0 saturated carbocycles. The van der Waals surface area contributed by atoms with Gasteiger partial charge >= 0.3 is 6.18 Å². The third-order valence-electron chi connectivity index (χ3n) is 3.87. The molecule has 0 spiro atoms. The standard InChI is InChI=1S/C17H16F3N3/c1-10-8-13(23-16-14(21)9-22-15(10)16)7-4-11-2-5-12(6-3-11)17(18,19)20/h2-3,5-6,8-9,22H,4,7,21H2,1H3. The Morgan fingerprint density at radius 3 is 2.48 bits per heavy atom. The van der Waals surface area contributed by atoms with Crippen LogP contribution in [0.15, 0.2) is 36.5 Å². The van der Waals surface area contributed by atoms with Crippen LogP contribution in [-0.2, 0) is 19.0 Å². The number of hydrogen-bond acceptors (Lipinski definition) is 2. The number of rotatable bonds is 3. The molecule has 6 heteroatoms. The number of H-pyrrole nitrogens is 1. The lowest BCUT2D eigenvalue weighted by molar-refractivity contribution is -0.137. The van der Waals surface area contributed by atoms with Crippen LogP contribution in [0.2, 0.25) is 0 Å². The molecule has 2 heterocycles. The Bertz CT molecular complexity index is 833. The molecule has 0 atom stereocenters. The molecule has 0 aliphatic rings. The number of aromatic nitrogens is 2. The Hall–Kier alpha value is -2.50. The van der Waals surface area contributed by atoms with Crippen molar-refractivity contribution in [3.8, 4) is 0 Å². The first kappa shape index (κ1) is 15.4. The molecule has 0 aliphatic heterocycles. The lowest BCUT2D eigenvalue weighted by atomic mass is 10.0. The number of alkyl halides is 3. The Kier molecular flexibility index (Phi) is 3.75. The molecule has 2 aromatic heterocycles. The molecule has 1 aromatic carbocycles. The van der Waals surface area contributed by atoms with Crippen LogP contribution in [0.3, 0.4) is 0 Å². The van der Waals surface area contributed by atoms with Gasteiger partial charge in [-0.2, -0.15) is 13.2 Å². The number of nitrogen functional groups attached to an aromatic ring is 1. The van der Waals surface area contributed by atoms with Crippen LogP contribution >= 0.6 is 0 Å². The van der Waals surface area contributed by atoms with E-state index in [9.17, 15) is 13.2 Å². The number of nitrogens with zero attached hydrogens (tertiary/aromatic N) is 1. The summed E-state index contributed by atoms with van der Waals surface area (Å²) in [7, 11) is 0. The van der Waals surface area contributed by atoms with Crippen LogP contribution in [-0.4, -0.2) is 9.97 Å². The van der Waals surface area contributed by atoms with Gasteiger partial charge in [-0.15, -0.1) is 0 Å². The fraction of sp³-hybridized carbons (Fsp3) is 0.235. The molecule has 0 saturated heterocycles. The lowest BCUT2D eigenvalue weighted by Crippen LogP contribution is -2.04. The summed E-state index contributed by atoms with van der Waals surface area (Å²) in [5, 5.41) is 0. The van der Waals surface area contributed by atoms with Crippen LogP contribution in [0, 0.1) is 6.92 Å². The Labute approximate surface area is 131 Å². The third kappa shape index (κ3) is 3.16. The van der Waals surface area contributed by atoms with Crippen LogP contribution in [0.4, 0.5) is 18.9 Å². The van der Waals surface area contributed by atoms with E-state index in [1.807, 2.05) is 13.0 Å². The molecule has 3 nitrogen and oxygen atoms in total. The highest BCUT2D eigenvalue weighted by molar-refractivity contribution is 5.89. The average Bonchev–Trinajstić information content (AvgIpc) is 2.87. The number of benzene rings is 1. The highest BCUT2D eigenvalue weighted by Gasteiger charge is 2.29. The van der Waals surface area contributed by atoms with Crippen LogP contribution in [0.25, 0.3) is 11.0 Å². The average molecular weight is 319 g/mol. The van der Waals surface area contributed by atoms with Crippen molar-refractivity contribution in [2.24, 2.45) is 0 Å². The number of halogens is 3. The monoisotopic (exact) mass is 319 g/mol. The summed E-state index contributed by atoms with van der Waals surface area (Å²) in [6, 6.07) is 7.22. The second-order valence-electron chi connectivity index (χ2n) is 5.59. The predicted molar refractivity (Wildman–Crippen MR) is 84.1 cm³/mol. The van der Waals surface area contributed by atoms with Gasteiger partial charge in [-0.3, -0.25) is 0 Å². The van der Waals surface area contributed by atoms with E-state index in [2.05, 4.69) is 9.97 Å². The molecule has 3 N–H and O–H groups in total. The summed E-state index contributed by atoms with van der Waals surface area (Å²) in [6.07, 6.45) is -1.31. The summed E-state index contributed by atoms with van der Waals surface area (Å²) < 4.78 is 37.6. The zero-order chi connectivity index (χ0) is 16.6. The van der Waals surface area contributed by atoms with Gasteiger partial charge in [0, 0.05) is 11.9 Å². The van der Waals surface area contributed by atoms with E-state index in [4.69, 9.17) is 5.73 Å². The fourth-order valence-corrected chi connectivity index (χ4v) is 2.61. The maximum Gasteiger partial charge on any atom is 0.416 e. The van der Waals surface area contributed by atoms with Gasteiger partial charge in [0.1, 0.15) is 5.52 Å². The number of aryl methyl sites for hydroxylation is 3. The maximum atomic E-state index is 12.5. The van der Waals surface area contributed by atoms with E-state index in [0.29, 0.717) is 18.5 Å². The van der Waals surface area contributed by atoms with Crippen molar-refractivity contribution in [1.82, 2.24) is 9.97 Å². The molecule has 3 aromatic rings. The Morgan fingerprint density at radius 2 is 1.83 bits per heavy atom. The Morgan fingerprint density at radius 1 is 1.13 bits per heavy atom. The largest absolute Gasteiger partial charge is 0.416 e. The minimum atomic E-state index is -4.30. The van der Waals surface area contributed by atoms with Crippen molar-refractivity contribution in [3.63, 3.8) is 0 Å². The first-order chi connectivity index (χ1) is 10.8. The molecule has 0 amide bonds. The molecule has 0 fully saturated rings. The number of pyridine rings is 1. The molecule has 0 radical (unpaired) electrons. The molecule has 0 unspecified atom stereocenters. The fourth-order valence-electron chi connectivity index (χ4n) is 2.61. The second-order valence-corrected chi connectivity index (χ2v) is 5.59. The van der Waals surface area contributed by atoms with E-state index in [1.165, 1.54) is 12.1 Å². The number of nitrogens with one attached hydrogen (secondary N) is 1. The molecular formula is C17H16F3N3. The summed E-state index contributed by atoms with van der Waals surface area (Å²) in [5.74, 6) is 0. The van der Waals surface area contributed by atoms with E-state index >= 15 is 0 Å². The van der Waals surface area contributed by atoms with E-state index in [-0.39, 0.29) is 0 Å². The quantitative estimate of drug-likeness (QED) is 0.758. The zero-order valence-corrected chi connectivity index (χ0v) is 12.5. The summed E-state index contributed by atoms with van der Waals surface area (Å²) in [6.45, 7) is 1.97. The molecular weight excluding hydrogens is 303 g/mol. The van der Waals surface area contributed by atoms with Crippen LogP contribution in [0.1, 0.15) is 22.4 Å². The van der Waals surface area contributed by atoms with Gasteiger partial charge in [-0.05, 0) is 49.1 Å². The summed E-state index contributed by atoms with van der Waals surface area (Å²) in [5.41, 5.74) is 10.3. The van der Waals surface area contributed by atoms with E-state index in [0.717, 1.165) is 40.0 Å². The third-order valence-corrected chi connectivity index (χ3v) is 3.87. The minimum absolute atomic E-state index is 0.597. The topological polar surface area (TPSA) is 54.7 Å². The number of nitrogens with two attached hydrogens (primary N) is 1. The van der Waals surface area contributed by atoms with Gasteiger partial charge in [0.05, 0.1) is 16.8 Å². The van der Waals surface area contributed by atoms with Gasteiger partial charge < -0.3 is 10.7 Å². The predicted octanol–water partition coefficient (Wildman–Crippen LogP) is 4.26. The second kappa shape index (κ2) is 5.61. The number of aromatic amines is 1. The smallest absolute Gasteiger partial charge is 0.396 e. The summed E-state index contributed by atoms with van der Waals surface area (Å²) >= 11 is 0. The van der Waals surface area contributed by atoms with Crippen LogP contribution < -0.4 is 5.73 Å². The van der Waals surface area contributed by atoms with Crippen LogP contribution in [0.5, 0.6) is 0 Å². The van der Waals surface area contributed by atoms with Crippen molar-refractivity contribution in [2.45, 2.75) is 25.9 Å². The number of hydrogen-bond donors (Lipinski definition) is 2. The number of fused-ring (bicyclic) bond motifs is 1. The molecule has 23 heavy (non-hydrogen) atoms. The molecule has 120 valence electrons. The first-order valence-corrected chi connectivity index (χ1v) is 7.24. The van der Waals surface area contributed by atoms with Gasteiger partial charge in [0.15, 0.2) is 0 Å². The van der Waals surface area contributed by atoms with E-state index < -0.39 is 11.7 Å². The normalized spacial score (nSPS) is 12.0. The molecule has 3 rings (SSSR count). The van der Waals surface area contributed by atoms with Crippen molar-refractivity contribution >= 4 is 16.7 Å². The van der Waals surface area contributed by atoms with Gasteiger partial charge in [0.2, 0.25) is 0 Å². The van der Waals surface area contributed by atoms with Crippen molar-refractivity contribution in [2.75, 3.05) is 5.73 Å². The maximum absolute atomic E-state index is 12.5. The highest BCUT2D eigenvalue weighted by atomic mass is 19.4. The van der Waals surface area contributed by atoms with Gasteiger partial charge in [0.25, 0.3) is 0 Å². The summed E-state index contributed by atoms with van der Waals surface area (Å²) in [4.78, 5) is 7.61. The minimum Gasteiger partial charge on any atom is -0.396 e. The Balaban J connectivity index is 1.77. The van der Waals surface area contributed by atoms with Crippen molar-refractivity contribution in [3.05, 3.63) is 58.9 Å². The molecule has 0 bridgehead atoms. The van der Waals surface area contributed by atoms with Crippen molar-refractivity contribution < 1.29 is 13.2 Å². The van der Waals surface area contributed by atoms with E-state index in [1.54, 1.807) is 6.20 Å². The SMILES string of the molecule is Cc1cc(CCc2ccc(C(F)(F)F)cc2)nc2c(N)c[nH]c12. The van der Waals surface area contributed by atoms with Gasteiger partial charge in [-0.25, -0.2) is 4.98 Å². The molecule has 0 aliphatic carbocycles. The van der Waals surface area contributed by atoms with Gasteiger partial charge in [-0.1, -0.05) is 12.1 Å². The van der Waals surface area contributed by atoms with Crippen molar-refractivity contribution in [1.29, 1.82) is 0 Å².